The van der Waals surface area contributed by atoms with Crippen LogP contribution in [0.2, 0.25) is 0 Å². The highest BCUT2D eigenvalue weighted by molar-refractivity contribution is 7.22. The van der Waals surface area contributed by atoms with E-state index in [9.17, 15) is 4.39 Å². The van der Waals surface area contributed by atoms with E-state index in [0.717, 1.165) is 15.4 Å². The van der Waals surface area contributed by atoms with Gasteiger partial charge in [0.1, 0.15) is 5.82 Å². The number of thiazole rings is 1. The van der Waals surface area contributed by atoms with Crippen LogP contribution < -0.4 is 5.32 Å². The molecule has 0 aliphatic carbocycles. The number of fused-ring (bicyclic) bond motifs is 1. The summed E-state index contributed by atoms with van der Waals surface area (Å²) in [4.78, 5) is 4.34. The summed E-state index contributed by atoms with van der Waals surface area (Å²) in [5.41, 5.74) is 2.37. The smallest absolute Gasteiger partial charge is 0.184 e. The predicted octanol–water partition coefficient (Wildman–Crippen LogP) is 3.92. The molecule has 20 heavy (non-hydrogen) atoms. The summed E-state index contributed by atoms with van der Waals surface area (Å²) in [7, 11) is 0. The number of nitrogens with zero attached hydrogens (tertiary/aromatic N) is 2. The fourth-order valence-corrected chi connectivity index (χ4v) is 2.69. The molecule has 0 bridgehead atoms. The van der Waals surface area contributed by atoms with E-state index in [0.29, 0.717) is 17.6 Å². The maximum atomic E-state index is 13.1. The second-order valence-electron chi connectivity index (χ2n) is 4.29. The Morgan fingerprint density at radius 1 is 1.20 bits per heavy atom. The molecule has 98 valence electrons. The van der Waals surface area contributed by atoms with Crippen LogP contribution in [0.5, 0.6) is 0 Å². The second-order valence-corrected chi connectivity index (χ2v) is 5.32. The van der Waals surface area contributed by atoms with Gasteiger partial charge >= 0.3 is 0 Å². The number of nitriles is 1. The molecule has 1 aromatic heterocycles. The Morgan fingerprint density at radius 3 is 2.75 bits per heavy atom. The number of nitrogens with one attached hydrogen (secondary N) is 1. The van der Waals surface area contributed by atoms with Gasteiger partial charge in [0.05, 0.1) is 21.8 Å². The fourth-order valence-electron chi connectivity index (χ4n) is 1.85. The molecule has 3 nitrogen and oxygen atoms in total. The van der Waals surface area contributed by atoms with Crippen molar-refractivity contribution in [2.75, 3.05) is 5.32 Å². The van der Waals surface area contributed by atoms with Crippen LogP contribution in [-0.4, -0.2) is 4.98 Å². The van der Waals surface area contributed by atoms with Crippen molar-refractivity contribution < 1.29 is 4.39 Å². The summed E-state index contributed by atoms with van der Waals surface area (Å²) in [6.45, 7) is 0.619. The second kappa shape index (κ2) is 5.27. The minimum absolute atomic E-state index is 0.276. The molecule has 2 aromatic carbocycles. The number of benzene rings is 2. The molecule has 0 saturated heterocycles. The highest BCUT2D eigenvalue weighted by Gasteiger charge is 2.04. The van der Waals surface area contributed by atoms with Gasteiger partial charge in [0, 0.05) is 12.6 Å². The Kier molecular flexibility index (Phi) is 3.32. The van der Waals surface area contributed by atoms with Crippen LogP contribution in [0, 0.1) is 17.1 Å². The van der Waals surface area contributed by atoms with Crippen molar-refractivity contribution in [1.29, 1.82) is 5.26 Å². The van der Waals surface area contributed by atoms with Gasteiger partial charge in [-0.3, -0.25) is 0 Å². The van der Waals surface area contributed by atoms with Gasteiger partial charge in [0.15, 0.2) is 5.13 Å². The molecule has 3 rings (SSSR count). The zero-order valence-corrected chi connectivity index (χ0v) is 11.2. The molecular formula is C15H10FN3S. The molecule has 0 radical (unpaired) electrons. The molecule has 0 amide bonds. The predicted molar refractivity (Wildman–Crippen MR) is 78.1 cm³/mol. The highest BCUT2D eigenvalue weighted by atomic mass is 32.1. The summed E-state index contributed by atoms with van der Waals surface area (Å²) in [6.07, 6.45) is 0. The average molecular weight is 283 g/mol. The quantitative estimate of drug-likeness (QED) is 0.792. The zero-order chi connectivity index (χ0) is 13.9. The van der Waals surface area contributed by atoms with Crippen molar-refractivity contribution in [2.24, 2.45) is 0 Å². The Bertz CT molecular complexity index is 787. The topological polar surface area (TPSA) is 48.7 Å². The van der Waals surface area contributed by atoms with Crippen molar-refractivity contribution in [2.45, 2.75) is 6.54 Å². The lowest BCUT2D eigenvalue weighted by Crippen LogP contribution is -1.98. The number of aromatic nitrogens is 1. The third-order valence-electron chi connectivity index (χ3n) is 2.88. The van der Waals surface area contributed by atoms with Crippen LogP contribution in [0.1, 0.15) is 11.1 Å². The van der Waals surface area contributed by atoms with E-state index in [1.807, 2.05) is 12.1 Å². The van der Waals surface area contributed by atoms with Crippen molar-refractivity contribution in [3.63, 3.8) is 0 Å². The fraction of sp³-hybridized carbons (Fsp3) is 0.0667. The van der Waals surface area contributed by atoms with Gasteiger partial charge in [-0.25, -0.2) is 9.37 Å². The molecule has 0 aliphatic heterocycles. The first-order chi connectivity index (χ1) is 9.74. The Balaban J connectivity index is 1.74. The van der Waals surface area contributed by atoms with Crippen molar-refractivity contribution in [3.8, 4) is 6.07 Å². The third kappa shape index (κ3) is 2.60. The number of halogens is 1. The van der Waals surface area contributed by atoms with Crippen LogP contribution in [0.4, 0.5) is 9.52 Å². The Labute approximate surface area is 119 Å². The molecular weight excluding hydrogens is 273 g/mol. The Hall–Kier alpha value is -2.45. The van der Waals surface area contributed by atoms with Gasteiger partial charge in [-0.1, -0.05) is 23.5 Å². The average Bonchev–Trinajstić information content (AvgIpc) is 2.87. The van der Waals surface area contributed by atoms with E-state index in [1.54, 1.807) is 18.2 Å². The maximum Gasteiger partial charge on any atom is 0.184 e. The summed E-state index contributed by atoms with van der Waals surface area (Å²) < 4.78 is 14.0. The molecule has 0 spiro atoms. The van der Waals surface area contributed by atoms with Crippen LogP contribution in [0.15, 0.2) is 42.5 Å². The third-order valence-corrected chi connectivity index (χ3v) is 3.87. The summed E-state index contributed by atoms with van der Waals surface area (Å²) >= 11 is 1.49. The number of hydrogen-bond acceptors (Lipinski definition) is 4. The van der Waals surface area contributed by atoms with Gasteiger partial charge < -0.3 is 5.32 Å². The SMILES string of the molecule is N#Cc1ccc(CNc2nc3cc(F)ccc3s2)cc1. The first-order valence-corrected chi connectivity index (χ1v) is 6.85. The monoisotopic (exact) mass is 283 g/mol. The minimum atomic E-state index is -0.276. The van der Waals surface area contributed by atoms with Crippen LogP contribution >= 0.6 is 11.3 Å². The van der Waals surface area contributed by atoms with Crippen molar-refractivity contribution in [1.82, 2.24) is 4.98 Å². The van der Waals surface area contributed by atoms with E-state index in [4.69, 9.17) is 5.26 Å². The van der Waals surface area contributed by atoms with E-state index in [2.05, 4.69) is 16.4 Å². The van der Waals surface area contributed by atoms with Gasteiger partial charge in [-0.05, 0) is 29.8 Å². The van der Waals surface area contributed by atoms with Crippen LogP contribution in [0.3, 0.4) is 0 Å². The molecule has 0 unspecified atom stereocenters. The minimum Gasteiger partial charge on any atom is -0.357 e. The molecule has 0 saturated carbocycles. The van der Waals surface area contributed by atoms with Gasteiger partial charge in [-0.2, -0.15) is 5.26 Å². The van der Waals surface area contributed by atoms with Gasteiger partial charge in [0.25, 0.3) is 0 Å². The number of anilines is 1. The van der Waals surface area contributed by atoms with Crippen LogP contribution in [0.25, 0.3) is 10.2 Å². The molecule has 0 fully saturated rings. The maximum absolute atomic E-state index is 13.1. The van der Waals surface area contributed by atoms with Gasteiger partial charge in [-0.15, -0.1) is 0 Å². The summed E-state index contributed by atoms with van der Waals surface area (Å²) in [5.74, 6) is -0.276. The van der Waals surface area contributed by atoms with Crippen molar-refractivity contribution >= 4 is 26.7 Å². The zero-order valence-electron chi connectivity index (χ0n) is 10.4. The normalized spacial score (nSPS) is 10.4. The summed E-state index contributed by atoms with van der Waals surface area (Å²) in [6, 6.07) is 14.0. The first-order valence-electron chi connectivity index (χ1n) is 6.03. The first kappa shape index (κ1) is 12.6. The lowest BCUT2D eigenvalue weighted by atomic mass is 10.1. The highest BCUT2D eigenvalue weighted by Crippen LogP contribution is 2.26. The number of hydrogen-bond donors (Lipinski definition) is 1. The molecule has 5 heteroatoms. The number of rotatable bonds is 3. The molecule has 1 N–H and O–H groups in total. The molecule has 1 heterocycles. The molecule has 3 aromatic rings. The van der Waals surface area contributed by atoms with E-state index in [-0.39, 0.29) is 5.82 Å². The standard InChI is InChI=1S/C15H10FN3S/c16-12-5-6-14-13(7-12)19-15(20-14)18-9-11-3-1-10(8-17)2-4-11/h1-7H,9H2,(H,18,19). The summed E-state index contributed by atoms with van der Waals surface area (Å²) in [5, 5.41) is 12.7. The van der Waals surface area contributed by atoms with Crippen LogP contribution in [-0.2, 0) is 6.54 Å². The lowest BCUT2D eigenvalue weighted by molar-refractivity contribution is 0.629. The van der Waals surface area contributed by atoms with E-state index >= 15 is 0 Å². The van der Waals surface area contributed by atoms with Crippen molar-refractivity contribution in [3.05, 3.63) is 59.4 Å². The Morgan fingerprint density at radius 2 is 2.00 bits per heavy atom. The largest absolute Gasteiger partial charge is 0.357 e. The lowest BCUT2D eigenvalue weighted by Gasteiger charge is -2.02. The van der Waals surface area contributed by atoms with E-state index < -0.39 is 0 Å². The van der Waals surface area contributed by atoms with Gasteiger partial charge in [0.2, 0.25) is 0 Å². The van der Waals surface area contributed by atoms with E-state index in [1.165, 1.54) is 23.5 Å². The molecule has 0 atom stereocenters. The molecule has 0 aliphatic rings.